The molecule has 2 N–H and O–H groups in total. The number of benzene rings is 1. The van der Waals surface area contributed by atoms with Crippen LogP contribution in [0.3, 0.4) is 0 Å². The van der Waals surface area contributed by atoms with E-state index >= 15 is 0 Å². The molecule has 1 saturated carbocycles. The number of pyridine rings is 1. The van der Waals surface area contributed by atoms with Crippen LogP contribution in [0.2, 0.25) is 0 Å². The fourth-order valence-corrected chi connectivity index (χ4v) is 4.23. The number of aliphatic carboxylic acids is 1. The molecule has 0 bridgehead atoms. The van der Waals surface area contributed by atoms with Gasteiger partial charge < -0.3 is 19.7 Å². The summed E-state index contributed by atoms with van der Waals surface area (Å²) in [6.07, 6.45) is 5.44. The number of aryl methyl sites for hydroxylation is 2. The number of carboxylic acid groups (broad SMARTS) is 1. The maximum Gasteiger partial charge on any atom is 0.306 e. The molecule has 0 spiro atoms. The highest BCUT2D eigenvalue weighted by atomic mass is 16.5. The first-order chi connectivity index (χ1) is 16.5. The number of carbonyl (C=O) groups is 2. The molecule has 1 amide bonds. The van der Waals surface area contributed by atoms with Crippen molar-refractivity contribution in [2.24, 2.45) is 5.92 Å². The Kier molecular flexibility index (Phi) is 7.57. The summed E-state index contributed by atoms with van der Waals surface area (Å²) in [6, 6.07) is 13.5. The molecule has 0 saturated heterocycles. The molecule has 2 heterocycles. The maximum absolute atomic E-state index is 12.3. The third kappa shape index (κ3) is 6.01. The van der Waals surface area contributed by atoms with Gasteiger partial charge in [0.25, 0.3) is 0 Å². The third-order valence-corrected chi connectivity index (χ3v) is 6.18. The summed E-state index contributed by atoms with van der Waals surface area (Å²) in [5.74, 6) is -0.0576. The van der Waals surface area contributed by atoms with Crippen molar-refractivity contribution in [2.75, 3.05) is 0 Å². The van der Waals surface area contributed by atoms with Gasteiger partial charge in [0, 0.05) is 18.5 Å². The Balaban J connectivity index is 1.34. The normalized spacial score (nSPS) is 17.8. The molecule has 3 aromatic rings. The summed E-state index contributed by atoms with van der Waals surface area (Å²) in [5.41, 5.74) is 3.19. The van der Waals surface area contributed by atoms with Crippen LogP contribution in [0.15, 0.2) is 53.2 Å². The van der Waals surface area contributed by atoms with Crippen LogP contribution < -0.4 is 10.1 Å². The van der Waals surface area contributed by atoms with Gasteiger partial charge in [0.05, 0.1) is 23.9 Å². The Bertz CT molecular complexity index is 1110. The Labute approximate surface area is 198 Å². The number of amides is 1. The van der Waals surface area contributed by atoms with E-state index in [0.29, 0.717) is 55.1 Å². The van der Waals surface area contributed by atoms with Crippen LogP contribution in [0.5, 0.6) is 5.75 Å². The van der Waals surface area contributed by atoms with Crippen molar-refractivity contribution >= 4 is 11.9 Å². The van der Waals surface area contributed by atoms with Gasteiger partial charge in [-0.1, -0.05) is 35.5 Å². The van der Waals surface area contributed by atoms with Crippen LogP contribution in [-0.4, -0.2) is 33.2 Å². The van der Waals surface area contributed by atoms with Crippen LogP contribution in [0.25, 0.3) is 11.5 Å². The minimum absolute atomic E-state index is 0.0424. The quantitative estimate of drug-likeness (QED) is 0.486. The van der Waals surface area contributed by atoms with Gasteiger partial charge in [0.1, 0.15) is 11.4 Å². The molecule has 1 fully saturated rings. The summed E-state index contributed by atoms with van der Waals surface area (Å²) in [5, 5.41) is 16.3. The number of carbonyl (C=O) groups excluding carboxylic acids is 1. The predicted octanol–water partition coefficient (Wildman–Crippen LogP) is 4.32. The largest absolute Gasteiger partial charge is 0.489 e. The molecular weight excluding hydrogens is 434 g/mol. The number of nitrogens with one attached hydrogen (secondary N) is 1. The zero-order chi connectivity index (χ0) is 23.9. The highest BCUT2D eigenvalue weighted by Crippen LogP contribution is 2.29. The molecule has 8 nitrogen and oxygen atoms in total. The summed E-state index contributed by atoms with van der Waals surface area (Å²) in [6.45, 7) is 2.13. The molecule has 8 heteroatoms. The Morgan fingerprint density at radius 3 is 2.74 bits per heavy atom. The average molecular weight is 464 g/mol. The average Bonchev–Trinajstić information content (AvgIpc) is 3.23. The van der Waals surface area contributed by atoms with Gasteiger partial charge in [0.15, 0.2) is 5.76 Å². The fraction of sp³-hybridized carbons (Fsp3) is 0.385. The van der Waals surface area contributed by atoms with Crippen LogP contribution in [0.1, 0.15) is 48.9 Å². The van der Waals surface area contributed by atoms with Gasteiger partial charge in [-0.2, -0.15) is 0 Å². The van der Waals surface area contributed by atoms with Gasteiger partial charge >= 0.3 is 5.97 Å². The van der Waals surface area contributed by atoms with E-state index in [9.17, 15) is 14.7 Å². The van der Waals surface area contributed by atoms with Crippen molar-refractivity contribution in [3.05, 3.63) is 65.5 Å². The van der Waals surface area contributed by atoms with Gasteiger partial charge in [-0.05, 0) is 56.7 Å². The smallest absolute Gasteiger partial charge is 0.306 e. The topological polar surface area (TPSA) is 115 Å². The van der Waals surface area contributed by atoms with E-state index in [-0.39, 0.29) is 17.9 Å². The summed E-state index contributed by atoms with van der Waals surface area (Å²) in [4.78, 5) is 28.1. The molecule has 34 heavy (non-hydrogen) atoms. The zero-order valence-corrected chi connectivity index (χ0v) is 19.2. The molecule has 0 aliphatic heterocycles. The lowest BCUT2D eigenvalue weighted by Crippen LogP contribution is -2.29. The Morgan fingerprint density at radius 1 is 1.18 bits per heavy atom. The van der Waals surface area contributed by atoms with Crippen molar-refractivity contribution in [3.63, 3.8) is 0 Å². The standard InChI is InChI=1S/C26H29N3O5/c1-17-22(16-28-24(30)13-10-18-6-3-2-4-7-18)25(34-29-17)23-12-11-21(15-27-23)33-20-9-5-8-19(14-20)26(31)32/h2-4,6-7,11-12,15,19-20H,5,8-10,13-14,16H2,1H3,(H,28,30)(H,31,32)/t19-,20-/m0/s1. The molecule has 2 atom stereocenters. The second-order valence-electron chi connectivity index (χ2n) is 8.66. The number of carboxylic acids is 1. The van der Waals surface area contributed by atoms with Crippen molar-refractivity contribution in [3.8, 4) is 17.2 Å². The number of aromatic nitrogens is 2. The lowest BCUT2D eigenvalue weighted by atomic mass is 9.87. The van der Waals surface area contributed by atoms with E-state index in [0.717, 1.165) is 24.0 Å². The predicted molar refractivity (Wildman–Crippen MR) is 125 cm³/mol. The molecule has 178 valence electrons. The number of ether oxygens (including phenoxy) is 1. The molecule has 1 aliphatic rings. The van der Waals surface area contributed by atoms with Crippen molar-refractivity contribution in [1.82, 2.24) is 15.5 Å². The monoisotopic (exact) mass is 463 g/mol. The molecule has 1 aromatic carbocycles. The van der Waals surface area contributed by atoms with E-state index < -0.39 is 5.97 Å². The molecule has 0 unspecified atom stereocenters. The Hall–Kier alpha value is -3.68. The molecule has 4 rings (SSSR count). The second kappa shape index (κ2) is 11.0. The minimum atomic E-state index is -0.762. The number of nitrogens with zero attached hydrogens (tertiary/aromatic N) is 2. The van der Waals surface area contributed by atoms with Crippen molar-refractivity contribution < 1.29 is 24.0 Å². The SMILES string of the molecule is Cc1noc(-c2ccc(O[C@H]3CCC[C@H](C(=O)O)C3)cn2)c1CNC(=O)CCc1ccccc1. The van der Waals surface area contributed by atoms with Gasteiger partial charge in [-0.15, -0.1) is 0 Å². The van der Waals surface area contributed by atoms with E-state index in [4.69, 9.17) is 9.26 Å². The van der Waals surface area contributed by atoms with Gasteiger partial charge in [0.2, 0.25) is 5.91 Å². The first-order valence-electron chi connectivity index (χ1n) is 11.6. The highest BCUT2D eigenvalue weighted by molar-refractivity contribution is 5.76. The van der Waals surface area contributed by atoms with Crippen molar-refractivity contribution in [1.29, 1.82) is 0 Å². The second-order valence-corrected chi connectivity index (χ2v) is 8.66. The molecular formula is C26H29N3O5. The lowest BCUT2D eigenvalue weighted by molar-refractivity contribution is -0.143. The van der Waals surface area contributed by atoms with E-state index in [2.05, 4.69) is 15.5 Å². The summed E-state index contributed by atoms with van der Waals surface area (Å²) in [7, 11) is 0. The molecule has 2 aromatic heterocycles. The van der Waals surface area contributed by atoms with E-state index in [1.807, 2.05) is 37.3 Å². The fourth-order valence-electron chi connectivity index (χ4n) is 4.23. The van der Waals surface area contributed by atoms with Crippen molar-refractivity contribution in [2.45, 2.75) is 58.1 Å². The lowest BCUT2D eigenvalue weighted by Gasteiger charge is -2.27. The first kappa shape index (κ1) is 23.5. The van der Waals surface area contributed by atoms with E-state index in [1.54, 1.807) is 18.3 Å². The summed E-state index contributed by atoms with van der Waals surface area (Å²) >= 11 is 0. The van der Waals surface area contributed by atoms with Crippen LogP contribution in [0.4, 0.5) is 0 Å². The maximum atomic E-state index is 12.3. The Morgan fingerprint density at radius 2 is 2.00 bits per heavy atom. The van der Waals surface area contributed by atoms with Crippen LogP contribution >= 0.6 is 0 Å². The number of rotatable bonds is 9. The van der Waals surface area contributed by atoms with E-state index in [1.165, 1.54) is 0 Å². The molecule has 1 aliphatic carbocycles. The third-order valence-electron chi connectivity index (χ3n) is 6.18. The van der Waals surface area contributed by atoms with Gasteiger partial charge in [-0.3, -0.25) is 9.59 Å². The minimum Gasteiger partial charge on any atom is -0.489 e. The van der Waals surface area contributed by atoms with Crippen LogP contribution in [0, 0.1) is 12.8 Å². The zero-order valence-electron chi connectivity index (χ0n) is 19.2. The van der Waals surface area contributed by atoms with Gasteiger partial charge in [-0.25, -0.2) is 4.98 Å². The number of hydrogen-bond donors (Lipinski definition) is 2. The highest BCUT2D eigenvalue weighted by Gasteiger charge is 2.28. The first-order valence-corrected chi connectivity index (χ1v) is 11.6. The number of hydrogen-bond acceptors (Lipinski definition) is 6. The van der Waals surface area contributed by atoms with Crippen LogP contribution in [-0.2, 0) is 22.6 Å². The molecule has 0 radical (unpaired) electrons. The summed E-state index contributed by atoms with van der Waals surface area (Å²) < 4.78 is 11.5.